The van der Waals surface area contributed by atoms with E-state index in [4.69, 9.17) is 15.2 Å². The molecule has 0 atom stereocenters. The number of hydrogen-bond donors (Lipinski definition) is 2. The average molecular weight is 422 g/mol. The number of aromatic nitrogens is 2. The minimum absolute atomic E-state index is 0.0346. The second-order valence-electron chi connectivity index (χ2n) is 6.78. The molecule has 0 saturated heterocycles. The molecule has 0 aliphatic carbocycles. The van der Waals surface area contributed by atoms with Crippen molar-refractivity contribution in [2.75, 3.05) is 31.8 Å². The maximum atomic E-state index is 12.0. The fourth-order valence-corrected chi connectivity index (χ4v) is 3.00. The van der Waals surface area contributed by atoms with Crippen molar-refractivity contribution in [1.29, 1.82) is 0 Å². The maximum absolute atomic E-state index is 12.0. The molecule has 1 aromatic heterocycles. The fraction of sp³-hybridized carbons (Fsp3) is 0.273. The summed E-state index contributed by atoms with van der Waals surface area (Å²) in [4.78, 5) is 15.8. The smallest absolute Gasteiger partial charge is 0.350 e. The summed E-state index contributed by atoms with van der Waals surface area (Å²) in [5.74, 6) is 1.86. The van der Waals surface area contributed by atoms with Crippen molar-refractivity contribution in [3.8, 4) is 22.6 Å². The molecule has 0 saturated carbocycles. The Hall–Kier alpha value is -3.88. The number of benzene rings is 2. The molecule has 31 heavy (non-hydrogen) atoms. The van der Waals surface area contributed by atoms with E-state index in [1.807, 2.05) is 49.4 Å². The topological polar surface area (TPSA) is 116 Å². The van der Waals surface area contributed by atoms with Gasteiger partial charge in [-0.2, -0.15) is 10.1 Å². The van der Waals surface area contributed by atoms with Gasteiger partial charge in [-0.15, -0.1) is 5.11 Å². The van der Waals surface area contributed by atoms with Crippen LogP contribution in [0.4, 0.5) is 23.0 Å². The number of hydrogen-bond acceptors (Lipinski definition) is 8. The second-order valence-corrected chi connectivity index (χ2v) is 6.78. The van der Waals surface area contributed by atoms with E-state index in [9.17, 15) is 4.79 Å². The number of nitrogens with two attached hydrogens (primary N) is 1. The number of anilines is 2. The molecule has 0 aliphatic heterocycles. The van der Waals surface area contributed by atoms with Gasteiger partial charge in [0.2, 0.25) is 0 Å². The molecule has 3 N–H and O–H groups in total. The van der Waals surface area contributed by atoms with Crippen molar-refractivity contribution in [3.05, 3.63) is 52.9 Å². The van der Waals surface area contributed by atoms with Gasteiger partial charge >= 0.3 is 5.69 Å². The molecule has 3 rings (SSSR count). The van der Waals surface area contributed by atoms with E-state index in [2.05, 4.69) is 20.5 Å². The molecule has 0 fully saturated rings. The third-order valence-electron chi connectivity index (χ3n) is 4.70. The van der Waals surface area contributed by atoms with Gasteiger partial charge in [0.1, 0.15) is 5.82 Å². The lowest BCUT2D eigenvalue weighted by atomic mass is 10.0. The van der Waals surface area contributed by atoms with Crippen LogP contribution in [-0.2, 0) is 7.05 Å². The number of rotatable bonds is 8. The van der Waals surface area contributed by atoms with Crippen LogP contribution in [-0.4, -0.2) is 30.3 Å². The first-order chi connectivity index (χ1) is 15.0. The number of azo groups is 1. The SMILES string of the molecule is CCCNc1c(N=Nc2ccc(-c3ccc(OC)c(OC)c3)cc2)c(N)nc(=O)n1C. The number of nitrogens with zero attached hydrogens (tertiary/aromatic N) is 4. The zero-order valence-corrected chi connectivity index (χ0v) is 18.0. The van der Waals surface area contributed by atoms with Gasteiger partial charge in [-0.3, -0.25) is 4.57 Å². The van der Waals surface area contributed by atoms with Crippen LogP contribution in [0, 0.1) is 0 Å². The standard InChI is InChI=1S/C22H26N6O3/c1-5-12-24-21-19(20(23)25-22(29)28(21)2)27-26-16-9-6-14(7-10-16)15-8-11-17(30-3)18(13-15)31-4/h6-11,13,24H,5,12H2,1-4H3,(H2,23,25,29). The van der Waals surface area contributed by atoms with Crippen LogP contribution in [0.25, 0.3) is 11.1 Å². The van der Waals surface area contributed by atoms with E-state index in [0.29, 0.717) is 35.2 Å². The first kappa shape index (κ1) is 21.8. The van der Waals surface area contributed by atoms with E-state index in [1.54, 1.807) is 21.3 Å². The molecule has 162 valence electrons. The molecule has 0 aliphatic rings. The summed E-state index contributed by atoms with van der Waals surface area (Å²) < 4.78 is 12.0. The van der Waals surface area contributed by atoms with E-state index < -0.39 is 5.69 Å². The van der Waals surface area contributed by atoms with E-state index in [-0.39, 0.29) is 5.82 Å². The van der Waals surface area contributed by atoms with Gasteiger partial charge < -0.3 is 20.5 Å². The van der Waals surface area contributed by atoms with Gasteiger partial charge in [-0.05, 0) is 41.8 Å². The highest BCUT2D eigenvalue weighted by molar-refractivity contribution is 5.72. The van der Waals surface area contributed by atoms with Crippen LogP contribution in [0.3, 0.4) is 0 Å². The molecule has 9 nitrogen and oxygen atoms in total. The number of methoxy groups -OCH3 is 2. The molecular weight excluding hydrogens is 396 g/mol. The monoisotopic (exact) mass is 422 g/mol. The van der Waals surface area contributed by atoms with Gasteiger partial charge in [0.15, 0.2) is 23.0 Å². The van der Waals surface area contributed by atoms with Gasteiger partial charge in [0.25, 0.3) is 0 Å². The summed E-state index contributed by atoms with van der Waals surface area (Å²) >= 11 is 0. The second kappa shape index (κ2) is 9.75. The average Bonchev–Trinajstić information content (AvgIpc) is 2.79. The van der Waals surface area contributed by atoms with Gasteiger partial charge in [0.05, 0.1) is 19.9 Å². The Labute approximate surface area is 180 Å². The normalized spacial score (nSPS) is 11.0. The van der Waals surface area contributed by atoms with Crippen LogP contribution in [0.5, 0.6) is 11.5 Å². The lowest BCUT2D eigenvalue weighted by molar-refractivity contribution is 0.355. The van der Waals surface area contributed by atoms with E-state index >= 15 is 0 Å². The highest BCUT2D eigenvalue weighted by Crippen LogP contribution is 2.34. The summed E-state index contributed by atoms with van der Waals surface area (Å²) in [6.45, 7) is 2.69. The minimum atomic E-state index is -0.450. The Kier molecular flexibility index (Phi) is 6.86. The Balaban J connectivity index is 1.88. The van der Waals surface area contributed by atoms with Crippen LogP contribution in [0.2, 0.25) is 0 Å². The van der Waals surface area contributed by atoms with Gasteiger partial charge in [-0.1, -0.05) is 25.1 Å². The number of ether oxygens (including phenoxy) is 2. The van der Waals surface area contributed by atoms with Crippen molar-refractivity contribution in [2.45, 2.75) is 13.3 Å². The molecule has 0 bridgehead atoms. The Morgan fingerprint density at radius 2 is 1.71 bits per heavy atom. The first-order valence-corrected chi connectivity index (χ1v) is 9.83. The van der Waals surface area contributed by atoms with Crippen molar-refractivity contribution < 1.29 is 9.47 Å². The highest BCUT2D eigenvalue weighted by atomic mass is 16.5. The molecule has 0 unspecified atom stereocenters. The predicted octanol–water partition coefficient (Wildman–Crippen LogP) is 4.28. The van der Waals surface area contributed by atoms with Gasteiger partial charge in [-0.25, -0.2) is 4.79 Å². The molecule has 9 heteroatoms. The molecule has 3 aromatic rings. The lowest BCUT2D eigenvalue weighted by Gasteiger charge is -2.13. The predicted molar refractivity (Wildman–Crippen MR) is 122 cm³/mol. The van der Waals surface area contributed by atoms with Crippen LogP contribution in [0.1, 0.15) is 13.3 Å². The zero-order valence-electron chi connectivity index (χ0n) is 18.0. The summed E-state index contributed by atoms with van der Waals surface area (Å²) in [7, 11) is 4.83. The third kappa shape index (κ3) is 4.82. The van der Waals surface area contributed by atoms with Crippen molar-refractivity contribution >= 4 is 23.0 Å². The summed E-state index contributed by atoms with van der Waals surface area (Å²) in [6.07, 6.45) is 0.880. The molecule has 0 amide bonds. The van der Waals surface area contributed by atoms with Crippen molar-refractivity contribution in [2.24, 2.45) is 17.3 Å². The lowest BCUT2D eigenvalue weighted by Crippen LogP contribution is -2.24. The Bertz CT molecular complexity index is 1140. The third-order valence-corrected chi connectivity index (χ3v) is 4.70. The zero-order chi connectivity index (χ0) is 22.4. The molecular formula is C22H26N6O3. The number of nitrogens with one attached hydrogen (secondary N) is 1. The Morgan fingerprint density at radius 3 is 2.35 bits per heavy atom. The first-order valence-electron chi connectivity index (χ1n) is 9.83. The van der Waals surface area contributed by atoms with Crippen molar-refractivity contribution in [3.63, 3.8) is 0 Å². The van der Waals surface area contributed by atoms with E-state index in [1.165, 1.54) is 4.57 Å². The van der Waals surface area contributed by atoms with Crippen LogP contribution >= 0.6 is 0 Å². The summed E-state index contributed by atoms with van der Waals surface area (Å²) in [5.41, 5.74) is 8.44. The highest BCUT2D eigenvalue weighted by Gasteiger charge is 2.13. The summed E-state index contributed by atoms with van der Waals surface area (Å²) in [5, 5.41) is 11.7. The molecule has 1 heterocycles. The fourth-order valence-electron chi connectivity index (χ4n) is 3.00. The minimum Gasteiger partial charge on any atom is -0.493 e. The number of nitrogen functional groups attached to an aromatic ring is 1. The maximum Gasteiger partial charge on any atom is 0.350 e. The Morgan fingerprint density at radius 1 is 1.03 bits per heavy atom. The van der Waals surface area contributed by atoms with E-state index in [0.717, 1.165) is 17.5 Å². The van der Waals surface area contributed by atoms with Crippen LogP contribution in [0.15, 0.2) is 57.5 Å². The van der Waals surface area contributed by atoms with Crippen LogP contribution < -0.4 is 26.2 Å². The quantitative estimate of drug-likeness (QED) is 0.523. The molecule has 0 spiro atoms. The molecule has 2 aromatic carbocycles. The van der Waals surface area contributed by atoms with Gasteiger partial charge in [0, 0.05) is 13.6 Å². The van der Waals surface area contributed by atoms with Crippen molar-refractivity contribution in [1.82, 2.24) is 9.55 Å². The largest absolute Gasteiger partial charge is 0.493 e. The molecule has 0 radical (unpaired) electrons. The summed E-state index contributed by atoms with van der Waals surface area (Å²) in [6, 6.07) is 13.3.